The van der Waals surface area contributed by atoms with Gasteiger partial charge in [0.25, 0.3) is 5.91 Å². The molecule has 2 heterocycles. The lowest BCUT2D eigenvalue weighted by molar-refractivity contribution is 0.102. The second kappa shape index (κ2) is 6.70. The van der Waals surface area contributed by atoms with Gasteiger partial charge in [-0.05, 0) is 37.3 Å². The minimum Gasteiger partial charge on any atom is -0.378 e. The van der Waals surface area contributed by atoms with Crippen LogP contribution in [0.25, 0.3) is 0 Å². The number of aryl methyl sites for hydroxylation is 1. The molecule has 0 bridgehead atoms. The summed E-state index contributed by atoms with van der Waals surface area (Å²) in [6, 6.07) is 7.22. The molecule has 7 heteroatoms. The molecule has 0 unspecified atom stereocenters. The van der Waals surface area contributed by atoms with E-state index in [9.17, 15) is 9.18 Å². The van der Waals surface area contributed by atoms with Gasteiger partial charge in [0.2, 0.25) is 5.95 Å². The van der Waals surface area contributed by atoms with E-state index in [0.717, 1.165) is 0 Å². The first-order valence-corrected chi connectivity index (χ1v) is 7.37. The van der Waals surface area contributed by atoms with Crippen LogP contribution in [0.5, 0.6) is 0 Å². The molecular weight excluding hydrogens is 299 g/mol. The number of halogens is 1. The Balaban J connectivity index is 1.79. The number of aromatic nitrogens is 2. The second-order valence-electron chi connectivity index (χ2n) is 5.26. The Morgan fingerprint density at radius 3 is 2.61 bits per heavy atom. The average Bonchev–Trinajstić information content (AvgIpc) is 2.57. The number of carbonyl (C=O) groups excluding carboxylic acids is 1. The van der Waals surface area contributed by atoms with Crippen molar-refractivity contribution < 1.29 is 13.9 Å². The highest BCUT2D eigenvalue weighted by Crippen LogP contribution is 2.14. The Hall–Kier alpha value is -2.54. The van der Waals surface area contributed by atoms with E-state index in [4.69, 9.17) is 4.74 Å². The highest BCUT2D eigenvalue weighted by molar-refractivity contribution is 6.03. The molecule has 0 spiro atoms. The van der Waals surface area contributed by atoms with Crippen LogP contribution in [-0.4, -0.2) is 42.2 Å². The molecule has 1 amide bonds. The lowest BCUT2D eigenvalue weighted by Crippen LogP contribution is -2.37. The number of ether oxygens (including phenoxy) is 1. The van der Waals surface area contributed by atoms with Crippen LogP contribution in [0, 0.1) is 12.7 Å². The van der Waals surface area contributed by atoms with Gasteiger partial charge in [0.05, 0.1) is 13.2 Å². The van der Waals surface area contributed by atoms with Crippen LogP contribution in [0.15, 0.2) is 30.3 Å². The van der Waals surface area contributed by atoms with Crippen molar-refractivity contribution >= 4 is 17.5 Å². The molecule has 0 radical (unpaired) electrons. The maximum atomic E-state index is 12.9. The van der Waals surface area contributed by atoms with Gasteiger partial charge in [-0.15, -0.1) is 0 Å². The fraction of sp³-hybridized carbons (Fsp3) is 0.312. The number of carbonyl (C=O) groups is 1. The SMILES string of the molecule is Cc1cc(C(=O)Nc2ccc(F)cc2)nc(N2CCOCC2)n1. The Kier molecular flexibility index (Phi) is 4.47. The molecule has 6 nitrogen and oxygen atoms in total. The number of hydrogen-bond donors (Lipinski definition) is 1. The van der Waals surface area contributed by atoms with Crippen LogP contribution >= 0.6 is 0 Å². The van der Waals surface area contributed by atoms with Crippen molar-refractivity contribution in [1.82, 2.24) is 9.97 Å². The molecule has 2 aromatic rings. The number of nitrogens with one attached hydrogen (secondary N) is 1. The van der Waals surface area contributed by atoms with Crippen LogP contribution in [0.4, 0.5) is 16.0 Å². The third-order valence-electron chi connectivity index (χ3n) is 3.47. The minimum absolute atomic E-state index is 0.281. The van der Waals surface area contributed by atoms with Crippen molar-refractivity contribution in [1.29, 1.82) is 0 Å². The van der Waals surface area contributed by atoms with Crippen molar-refractivity contribution in [3.8, 4) is 0 Å². The maximum Gasteiger partial charge on any atom is 0.274 e. The molecule has 1 aromatic heterocycles. The maximum absolute atomic E-state index is 12.9. The summed E-state index contributed by atoms with van der Waals surface area (Å²) in [7, 11) is 0. The summed E-state index contributed by atoms with van der Waals surface area (Å²) in [5.74, 6) is -0.176. The molecule has 1 N–H and O–H groups in total. The molecule has 0 aliphatic carbocycles. The van der Waals surface area contributed by atoms with Crippen molar-refractivity contribution in [2.24, 2.45) is 0 Å². The predicted octanol–water partition coefficient (Wildman–Crippen LogP) is 2.01. The Labute approximate surface area is 133 Å². The fourth-order valence-corrected chi connectivity index (χ4v) is 2.30. The Morgan fingerprint density at radius 1 is 1.22 bits per heavy atom. The third kappa shape index (κ3) is 3.81. The van der Waals surface area contributed by atoms with Gasteiger partial charge < -0.3 is 15.0 Å². The zero-order chi connectivity index (χ0) is 16.2. The second-order valence-corrected chi connectivity index (χ2v) is 5.26. The van der Waals surface area contributed by atoms with Crippen molar-refractivity contribution in [2.45, 2.75) is 6.92 Å². The summed E-state index contributed by atoms with van der Waals surface area (Å²) in [6.45, 7) is 4.45. The zero-order valence-electron chi connectivity index (χ0n) is 12.8. The third-order valence-corrected chi connectivity index (χ3v) is 3.47. The smallest absolute Gasteiger partial charge is 0.274 e. The van der Waals surface area contributed by atoms with Gasteiger partial charge in [-0.25, -0.2) is 14.4 Å². The van der Waals surface area contributed by atoms with Crippen LogP contribution in [0.2, 0.25) is 0 Å². The lowest BCUT2D eigenvalue weighted by Gasteiger charge is -2.27. The Morgan fingerprint density at radius 2 is 1.91 bits per heavy atom. The number of rotatable bonds is 3. The minimum atomic E-state index is -0.351. The number of nitrogens with zero attached hydrogens (tertiary/aromatic N) is 3. The van der Waals surface area contributed by atoms with Crippen molar-refractivity contribution in [3.05, 3.63) is 47.5 Å². The fourth-order valence-electron chi connectivity index (χ4n) is 2.30. The highest BCUT2D eigenvalue weighted by atomic mass is 19.1. The van der Waals surface area contributed by atoms with Gasteiger partial charge >= 0.3 is 0 Å². The first-order chi connectivity index (χ1) is 11.1. The first kappa shape index (κ1) is 15.4. The summed E-state index contributed by atoms with van der Waals surface area (Å²) in [6.07, 6.45) is 0. The molecule has 1 aromatic carbocycles. The summed E-state index contributed by atoms with van der Waals surface area (Å²) >= 11 is 0. The molecule has 23 heavy (non-hydrogen) atoms. The van der Waals surface area contributed by atoms with E-state index in [2.05, 4.69) is 15.3 Å². The lowest BCUT2D eigenvalue weighted by atomic mass is 10.2. The molecule has 1 fully saturated rings. The standard InChI is InChI=1S/C16H17FN4O2/c1-11-10-14(15(22)19-13-4-2-12(17)3-5-13)20-16(18-11)21-6-8-23-9-7-21/h2-5,10H,6-9H2,1H3,(H,19,22). The topological polar surface area (TPSA) is 67.4 Å². The molecular formula is C16H17FN4O2. The summed E-state index contributed by atoms with van der Waals surface area (Å²) in [4.78, 5) is 23.1. The number of anilines is 2. The summed E-state index contributed by atoms with van der Waals surface area (Å²) in [5.41, 5.74) is 1.51. The molecule has 120 valence electrons. The van der Waals surface area contributed by atoms with Crippen LogP contribution in [-0.2, 0) is 4.74 Å². The Bertz CT molecular complexity index is 700. The van der Waals surface area contributed by atoms with Crippen LogP contribution < -0.4 is 10.2 Å². The number of hydrogen-bond acceptors (Lipinski definition) is 5. The van der Waals surface area contributed by atoms with E-state index >= 15 is 0 Å². The zero-order valence-corrected chi connectivity index (χ0v) is 12.8. The average molecular weight is 316 g/mol. The van der Waals surface area contributed by atoms with E-state index in [1.54, 1.807) is 6.07 Å². The summed E-state index contributed by atoms with van der Waals surface area (Å²) in [5, 5.41) is 2.70. The van der Waals surface area contributed by atoms with E-state index in [-0.39, 0.29) is 17.4 Å². The number of amides is 1. The van der Waals surface area contributed by atoms with Crippen LogP contribution in [0.3, 0.4) is 0 Å². The van der Waals surface area contributed by atoms with E-state index in [0.29, 0.717) is 43.6 Å². The molecule has 1 aliphatic rings. The summed E-state index contributed by atoms with van der Waals surface area (Å²) < 4.78 is 18.2. The molecule has 1 aliphatic heterocycles. The van der Waals surface area contributed by atoms with Gasteiger partial charge in [0.15, 0.2) is 0 Å². The largest absolute Gasteiger partial charge is 0.378 e. The molecule has 0 atom stereocenters. The number of morpholine rings is 1. The van der Waals surface area contributed by atoms with E-state index < -0.39 is 0 Å². The van der Waals surface area contributed by atoms with Crippen LogP contribution in [0.1, 0.15) is 16.2 Å². The molecule has 3 rings (SSSR count). The monoisotopic (exact) mass is 316 g/mol. The van der Waals surface area contributed by atoms with Gasteiger partial charge in [0, 0.05) is 24.5 Å². The van der Waals surface area contributed by atoms with Gasteiger partial charge in [-0.3, -0.25) is 4.79 Å². The quantitative estimate of drug-likeness (QED) is 0.938. The van der Waals surface area contributed by atoms with Crippen molar-refractivity contribution in [3.63, 3.8) is 0 Å². The predicted molar refractivity (Wildman–Crippen MR) is 84.2 cm³/mol. The highest BCUT2D eigenvalue weighted by Gasteiger charge is 2.17. The first-order valence-electron chi connectivity index (χ1n) is 7.37. The van der Waals surface area contributed by atoms with Crippen molar-refractivity contribution in [2.75, 3.05) is 36.5 Å². The molecule has 1 saturated heterocycles. The number of benzene rings is 1. The van der Waals surface area contributed by atoms with E-state index in [1.165, 1.54) is 24.3 Å². The van der Waals surface area contributed by atoms with E-state index in [1.807, 2.05) is 11.8 Å². The van der Waals surface area contributed by atoms with Gasteiger partial charge in [-0.1, -0.05) is 0 Å². The molecule has 0 saturated carbocycles. The van der Waals surface area contributed by atoms with Gasteiger partial charge in [0.1, 0.15) is 11.5 Å². The van der Waals surface area contributed by atoms with Gasteiger partial charge in [-0.2, -0.15) is 0 Å². The normalized spacial score (nSPS) is 14.6.